The third-order valence-corrected chi connectivity index (χ3v) is 3.10. The van der Waals surface area contributed by atoms with Crippen molar-refractivity contribution in [2.75, 3.05) is 20.2 Å². The van der Waals surface area contributed by atoms with Gasteiger partial charge in [-0.2, -0.15) is 0 Å². The van der Waals surface area contributed by atoms with Crippen LogP contribution in [-0.4, -0.2) is 41.9 Å². The van der Waals surface area contributed by atoms with Gasteiger partial charge in [-0.25, -0.2) is 13.8 Å². The zero-order chi connectivity index (χ0) is 14.0. The van der Waals surface area contributed by atoms with Crippen molar-refractivity contribution in [1.29, 1.82) is 0 Å². The number of ether oxygens (including phenoxy) is 1. The van der Waals surface area contributed by atoms with E-state index in [-0.39, 0.29) is 29.4 Å². The Morgan fingerprint density at radius 1 is 1.53 bits per heavy atom. The molecule has 0 aliphatic carbocycles. The summed E-state index contributed by atoms with van der Waals surface area (Å²) < 4.78 is 31.5. The Balaban J connectivity index is 2.21. The molecule has 1 aliphatic heterocycles. The number of pyridine rings is 1. The largest absolute Gasteiger partial charge is 0.481 e. The predicted octanol–water partition coefficient (Wildman–Crippen LogP) is 2.61. The molecule has 0 radical (unpaired) electrons. The van der Waals surface area contributed by atoms with Gasteiger partial charge in [-0.15, -0.1) is 0 Å². The van der Waals surface area contributed by atoms with E-state index in [9.17, 15) is 13.6 Å². The van der Waals surface area contributed by atoms with Crippen LogP contribution in [0.3, 0.4) is 0 Å². The SMILES string of the molecule is COc1cc(C(=O)N2CCCC(F)(F)C2)cc(Cl)n1. The van der Waals surface area contributed by atoms with Gasteiger partial charge in [0, 0.05) is 24.6 Å². The summed E-state index contributed by atoms with van der Waals surface area (Å²) in [7, 11) is 1.39. The van der Waals surface area contributed by atoms with E-state index in [2.05, 4.69) is 4.98 Å². The number of nitrogens with zero attached hydrogens (tertiary/aromatic N) is 2. The normalized spacial score (nSPS) is 18.2. The quantitative estimate of drug-likeness (QED) is 0.786. The fraction of sp³-hybridized carbons (Fsp3) is 0.500. The van der Waals surface area contributed by atoms with Gasteiger partial charge in [0.05, 0.1) is 13.7 Å². The smallest absolute Gasteiger partial charge is 0.265 e. The average molecular weight is 291 g/mol. The molecule has 4 nitrogen and oxygen atoms in total. The second-order valence-corrected chi connectivity index (χ2v) is 4.79. The van der Waals surface area contributed by atoms with Crippen LogP contribution in [0.5, 0.6) is 5.88 Å². The monoisotopic (exact) mass is 290 g/mol. The van der Waals surface area contributed by atoms with Crippen molar-refractivity contribution in [3.8, 4) is 5.88 Å². The van der Waals surface area contributed by atoms with Crippen LogP contribution in [0.1, 0.15) is 23.2 Å². The summed E-state index contributed by atoms with van der Waals surface area (Å²) in [4.78, 5) is 17.1. The van der Waals surface area contributed by atoms with Gasteiger partial charge >= 0.3 is 0 Å². The lowest BCUT2D eigenvalue weighted by atomic mass is 10.1. The maximum absolute atomic E-state index is 13.3. The molecule has 1 aromatic heterocycles. The van der Waals surface area contributed by atoms with E-state index in [4.69, 9.17) is 16.3 Å². The van der Waals surface area contributed by atoms with Crippen LogP contribution in [0.25, 0.3) is 0 Å². The molecule has 1 amide bonds. The average Bonchev–Trinajstić information content (AvgIpc) is 2.35. The number of carbonyl (C=O) groups excluding carboxylic acids is 1. The number of carbonyl (C=O) groups is 1. The number of alkyl halides is 2. The number of hydrogen-bond acceptors (Lipinski definition) is 3. The maximum Gasteiger partial charge on any atom is 0.265 e. The molecule has 2 rings (SSSR count). The molecule has 0 bridgehead atoms. The van der Waals surface area contributed by atoms with Crippen molar-refractivity contribution in [2.24, 2.45) is 0 Å². The number of piperidine rings is 1. The molecule has 19 heavy (non-hydrogen) atoms. The van der Waals surface area contributed by atoms with E-state index in [0.29, 0.717) is 6.54 Å². The van der Waals surface area contributed by atoms with Crippen LogP contribution < -0.4 is 4.74 Å². The minimum Gasteiger partial charge on any atom is -0.481 e. The lowest BCUT2D eigenvalue weighted by Gasteiger charge is -2.32. The van der Waals surface area contributed by atoms with Gasteiger partial charge < -0.3 is 9.64 Å². The predicted molar refractivity (Wildman–Crippen MR) is 65.9 cm³/mol. The van der Waals surface area contributed by atoms with E-state index in [1.54, 1.807) is 0 Å². The molecule has 7 heteroatoms. The summed E-state index contributed by atoms with van der Waals surface area (Å²) in [5, 5.41) is 0.0893. The van der Waals surface area contributed by atoms with Crippen LogP contribution >= 0.6 is 11.6 Å². The Hall–Kier alpha value is -1.43. The molecule has 1 saturated heterocycles. The van der Waals surface area contributed by atoms with Crippen molar-refractivity contribution in [3.63, 3.8) is 0 Å². The zero-order valence-electron chi connectivity index (χ0n) is 10.3. The first-order valence-corrected chi connectivity index (χ1v) is 6.18. The number of aromatic nitrogens is 1. The highest BCUT2D eigenvalue weighted by molar-refractivity contribution is 6.29. The summed E-state index contributed by atoms with van der Waals surface area (Å²) >= 11 is 5.76. The second-order valence-electron chi connectivity index (χ2n) is 4.41. The van der Waals surface area contributed by atoms with E-state index in [0.717, 1.165) is 4.90 Å². The zero-order valence-corrected chi connectivity index (χ0v) is 11.1. The van der Waals surface area contributed by atoms with Crippen molar-refractivity contribution in [1.82, 2.24) is 9.88 Å². The van der Waals surface area contributed by atoms with E-state index >= 15 is 0 Å². The summed E-state index contributed by atoms with van der Waals surface area (Å²) in [6.07, 6.45) is 0.103. The Kier molecular flexibility index (Phi) is 3.89. The van der Waals surface area contributed by atoms with Gasteiger partial charge in [0.25, 0.3) is 11.8 Å². The Morgan fingerprint density at radius 3 is 2.89 bits per heavy atom. The standard InChI is InChI=1S/C12H13ClF2N2O2/c1-19-10-6-8(5-9(13)16-10)11(18)17-4-2-3-12(14,15)7-17/h5-6H,2-4,7H2,1H3. The molecule has 0 N–H and O–H groups in total. The number of halogens is 3. The molecule has 0 spiro atoms. The topological polar surface area (TPSA) is 42.4 Å². The van der Waals surface area contributed by atoms with Gasteiger partial charge in [0.15, 0.2) is 0 Å². The van der Waals surface area contributed by atoms with Crippen molar-refractivity contribution in [3.05, 3.63) is 22.8 Å². The van der Waals surface area contributed by atoms with E-state index in [1.807, 2.05) is 0 Å². The lowest BCUT2D eigenvalue weighted by molar-refractivity contribution is -0.0560. The van der Waals surface area contributed by atoms with Crippen molar-refractivity contribution >= 4 is 17.5 Å². The molecule has 1 aromatic rings. The first-order chi connectivity index (χ1) is 8.91. The maximum atomic E-state index is 13.3. The number of rotatable bonds is 2. The highest BCUT2D eigenvalue weighted by Crippen LogP contribution is 2.28. The molecule has 1 fully saturated rings. The van der Waals surface area contributed by atoms with Crippen LogP contribution in [0.15, 0.2) is 12.1 Å². The highest BCUT2D eigenvalue weighted by atomic mass is 35.5. The third-order valence-electron chi connectivity index (χ3n) is 2.91. The first-order valence-electron chi connectivity index (χ1n) is 5.80. The van der Waals surface area contributed by atoms with Crippen molar-refractivity contribution < 1.29 is 18.3 Å². The molecular formula is C12H13ClF2N2O2. The second kappa shape index (κ2) is 5.28. The molecule has 0 unspecified atom stereocenters. The molecule has 1 aliphatic rings. The van der Waals surface area contributed by atoms with Gasteiger partial charge in [0.2, 0.25) is 5.88 Å². The van der Waals surface area contributed by atoms with Gasteiger partial charge in [-0.3, -0.25) is 4.79 Å². The Labute approximate surface area is 114 Å². The minimum atomic E-state index is -2.82. The minimum absolute atomic E-state index is 0.0893. The fourth-order valence-corrected chi connectivity index (χ4v) is 2.22. The molecule has 0 atom stereocenters. The third kappa shape index (κ3) is 3.32. The van der Waals surface area contributed by atoms with Crippen LogP contribution in [0, 0.1) is 0 Å². The highest BCUT2D eigenvalue weighted by Gasteiger charge is 2.37. The summed E-state index contributed by atoms with van der Waals surface area (Å²) in [5.74, 6) is -3.13. The fourth-order valence-electron chi connectivity index (χ4n) is 2.02. The van der Waals surface area contributed by atoms with Crippen LogP contribution in [-0.2, 0) is 0 Å². The summed E-state index contributed by atoms with van der Waals surface area (Å²) in [6.45, 7) is -0.245. The van der Waals surface area contributed by atoms with Gasteiger partial charge in [-0.1, -0.05) is 11.6 Å². The molecule has 0 saturated carbocycles. The Bertz CT molecular complexity index is 497. The van der Waals surface area contributed by atoms with E-state index < -0.39 is 18.4 Å². The number of hydrogen-bond donors (Lipinski definition) is 0. The molecule has 2 heterocycles. The van der Waals surface area contributed by atoms with Gasteiger partial charge in [-0.05, 0) is 12.5 Å². The Morgan fingerprint density at radius 2 is 2.26 bits per heavy atom. The molecular weight excluding hydrogens is 278 g/mol. The molecule has 0 aromatic carbocycles. The summed E-state index contributed by atoms with van der Waals surface area (Å²) in [6, 6.07) is 2.74. The van der Waals surface area contributed by atoms with E-state index in [1.165, 1.54) is 19.2 Å². The molecule has 104 valence electrons. The van der Waals surface area contributed by atoms with Gasteiger partial charge in [0.1, 0.15) is 5.15 Å². The van der Waals surface area contributed by atoms with Crippen LogP contribution in [0.4, 0.5) is 8.78 Å². The summed E-state index contributed by atoms with van der Waals surface area (Å²) in [5.41, 5.74) is 0.203. The number of methoxy groups -OCH3 is 1. The number of amides is 1. The van der Waals surface area contributed by atoms with Crippen molar-refractivity contribution in [2.45, 2.75) is 18.8 Å². The first kappa shape index (κ1) is 14.0. The number of likely N-dealkylation sites (tertiary alicyclic amines) is 1. The lowest BCUT2D eigenvalue weighted by Crippen LogP contribution is -2.45. The van der Waals surface area contributed by atoms with Crippen LogP contribution in [0.2, 0.25) is 5.15 Å².